The molecular formula is H3NaO3S. The van der Waals surface area contributed by atoms with Crippen molar-refractivity contribution < 1.29 is 44.3 Å². The summed E-state index contributed by atoms with van der Waals surface area (Å²) >= 11 is -2.61. The van der Waals surface area contributed by atoms with Crippen LogP contribution in [0.1, 0.15) is 1.43 Å². The van der Waals surface area contributed by atoms with Crippen molar-refractivity contribution in [3.63, 3.8) is 0 Å². The zero-order valence-electron chi connectivity index (χ0n) is 3.71. The standard InChI is InChI=1S/Na.H2O3S.H/c;1-4(2)3;/h;(H2,1,2,3);/q+1;;-1. The molecule has 3 nitrogen and oxygen atoms in total. The van der Waals surface area contributed by atoms with Gasteiger partial charge in [0.2, 0.25) is 0 Å². The average Bonchev–Trinajstić information content (AvgIpc) is 0.811. The Bertz CT molecular complexity index is 33.8. The Morgan fingerprint density at radius 2 is 1.60 bits per heavy atom. The molecule has 0 amide bonds. The molecule has 0 aliphatic heterocycles. The molecule has 0 aromatic heterocycles. The van der Waals surface area contributed by atoms with Gasteiger partial charge in [0, 0.05) is 0 Å². The molecule has 0 saturated heterocycles. The number of hydrogen-bond acceptors (Lipinski definition) is 1. The second-order valence-corrected chi connectivity index (χ2v) is 0.692. The molecule has 0 atom stereocenters. The molecule has 0 unspecified atom stereocenters. The van der Waals surface area contributed by atoms with Crippen LogP contribution in [0.5, 0.6) is 0 Å². The maximum Gasteiger partial charge on any atom is 1.00 e. The molecule has 28 valence electrons. The minimum atomic E-state index is -2.61. The van der Waals surface area contributed by atoms with Crippen LogP contribution in [0, 0.1) is 0 Å². The van der Waals surface area contributed by atoms with Crippen LogP contribution in [0.25, 0.3) is 0 Å². The predicted molar refractivity (Wildman–Crippen MR) is 14.5 cm³/mol. The minimum absolute atomic E-state index is 0. The van der Waals surface area contributed by atoms with Crippen LogP contribution in [0.15, 0.2) is 0 Å². The fourth-order valence-corrected chi connectivity index (χ4v) is 0. The van der Waals surface area contributed by atoms with Crippen molar-refractivity contribution >= 4 is 11.4 Å². The summed E-state index contributed by atoms with van der Waals surface area (Å²) in [6.07, 6.45) is 0. The van der Waals surface area contributed by atoms with Gasteiger partial charge in [-0.3, -0.25) is 9.11 Å². The van der Waals surface area contributed by atoms with Crippen LogP contribution >= 0.6 is 0 Å². The first-order valence-corrected chi connectivity index (χ1v) is 1.60. The molecule has 0 spiro atoms. The Labute approximate surface area is 55.7 Å². The Morgan fingerprint density at radius 3 is 1.60 bits per heavy atom. The summed E-state index contributed by atoms with van der Waals surface area (Å²) in [5.41, 5.74) is 0. The van der Waals surface area contributed by atoms with Crippen LogP contribution in [0.3, 0.4) is 0 Å². The first-order chi connectivity index (χ1) is 1.73. The third-order valence-corrected chi connectivity index (χ3v) is 0. The Balaban J connectivity index is -0.0000000450. The predicted octanol–water partition coefficient (Wildman–Crippen LogP) is -3.20. The summed E-state index contributed by atoms with van der Waals surface area (Å²) in [4.78, 5) is 0. The van der Waals surface area contributed by atoms with E-state index in [0.717, 1.165) is 0 Å². The van der Waals surface area contributed by atoms with Crippen LogP contribution in [-0.2, 0) is 11.4 Å². The Kier molecular flexibility index (Phi) is 9.55. The largest absolute Gasteiger partial charge is 1.00 e. The minimum Gasteiger partial charge on any atom is -1.00 e. The summed E-state index contributed by atoms with van der Waals surface area (Å²) < 4.78 is 22.8. The Hall–Kier alpha value is 1.07. The maximum atomic E-state index is 8.67. The van der Waals surface area contributed by atoms with Gasteiger partial charge in [-0.2, -0.15) is 4.21 Å². The van der Waals surface area contributed by atoms with Crippen molar-refractivity contribution in [1.82, 2.24) is 0 Å². The molecule has 0 fully saturated rings. The fourth-order valence-electron chi connectivity index (χ4n) is 0. The zero-order valence-corrected chi connectivity index (χ0v) is 5.53. The van der Waals surface area contributed by atoms with Crippen molar-refractivity contribution in [2.45, 2.75) is 0 Å². The van der Waals surface area contributed by atoms with Gasteiger partial charge in [-0.05, 0) is 0 Å². The SMILES string of the molecule is O=S(O)O.[H-].[Na+]. The first kappa shape index (κ1) is 9.42. The second kappa shape index (κ2) is 5.07. The van der Waals surface area contributed by atoms with E-state index in [9.17, 15) is 0 Å². The third kappa shape index (κ3) is 41.7. The van der Waals surface area contributed by atoms with Gasteiger partial charge in [-0.1, -0.05) is 0 Å². The fraction of sp³-hybridized carbons (Fsp3) is 0. The van der Waals surface area contributed by atoms with Crippen LogP contribution in [0.4, 0.5) is 0 Å². The van der Waals surface area contributed by atoms with Gasteiger partial charge >= 0.3 is 29.6 Å². The number of rotatable bonds is 0. The summed E-state index contributed by atoms with van der Waals surface area (Å²) in [5.74, 6) is 0. The van der Waals surface area contributed by atoms with Crippen molar-refractivity contribution in [1.29, 1.82) is 0 Å². The zero-order chi connectivity index (χ0) is 3.58. The van der Waals surface area contributed by atoms with E-state index in [-0.39, 0.29) is 31.0 Å². The topological polar surface area (TPSA) is 57.5 Å². The second-order valence-electron chi connectivity index (χ2n) is 0.231. The van der Waals surface area contributed by atoms with Crippen molar-refractivity contribution in [2.24, 2.45) is 0 Å². The molecule has 0 saturated carbocycles. The summed E-state index contributed by atoms with van der Waals surface area (Å²) in [6, 6.07) is 0. The van der Waals surface area contributed by atoms with E-state index >= 15 is 0 Å². The van der Waals surface area contributed by atoms with E-state index in [1.807, 2.05) is 0 Å². The van der Waals surface area contributed by atoms with E-state index < -0.39 is 11.4 Å². The van der Waals surface area contributed by atoms with Gasteiger partial charge in [0.1, 0.15) is 0 Å². The molecule has 5 heavy (non-hydrogen) atoms. The van der Waals surface area contributed by atoms with Gasteiger partial charge < -0.3 is 1.43 Å². The van der Waals surface area contributed by atoms with Crippen molar-refractivity contribution in [3.8, 4) is 0 Å². The summed E-state index contributed by atoms with van der Waals surface area (Å²) in [6.45, 7) is 0. The van der Waals surface area contributed by atoms with Gasteiger partial charge in [0.15, 0.2) is 0 Å². The maximum absolute atomic E-state index is 8.67. The van der Waals surface area contributed by atoms with E-state index in [1.165, 1.54) is 0 Å². The smallest absolute Gasteiger partial charge is 1.00 e. The molecule has 0 rings (SSSR count). The molecule has 0 radical (unpaired) electrons. The van der Waals surface area contributed by atoms with Crippen molar-refractivity contribution in [2.75, 3.05) is 0 Å². The van der Waals surface area contributed by atoms with Gasteiger partial charge in [-0.25, -0.2) is 0 Å². The van der Waals surface area contributed by atoms with Gasteiger partial charge in [-0.15, -0.1) is 0 Å². The quantitative estimate of drug-likeness (QED) is 0.252. The molecule has 5 heteroatoms. The monoisotopic (exact) mass is 106 g/mol. The van der Waals surface area contributed by atoms with Gasteiger partial charge in [0.05, 0.1) is 0 Å². The summed E-state index contributed by atoms with van der Waals surface area (Å²) in [7, 11) is 0. The van der Waals surface area contributed by atoms with E-state index in [0.29, 0.717) is 0 Å². The molecule has 0 heterocycles. The van der Waals surface area contributed by atoms with Crippen LogP contribution in [0.2, 0.25) is 0 Å². The molecular weight excluding hydrogens is 103 g/mol. The van der Waals surface area contributed by atoms with Crippen LogP contribution < -0.4 is 29.6 Å². The third-order valence-electron chi connectivity index (χ3n) is 0. The number of hydrogen-bond donors (Lipinski definition) is 2. The van der Waals surface area contributed by atoms with Crippen molar-refractivity contribution in [3.05, 3.63) is 0 Å². The molecule has 2 N–H and O–H groups in total. The average molecular weight is 106 g/mol. The van der Waals surface area contributed by atoms with E-state index in [1.54, 1.807) is 0 Å². The molecule has 0 bridgehead atoms. The normalized spacial score (nSPS) is 7.00. The van der Waals surface area contributed by atoms with Crippen LogP contribution in [-0.4, -0.2) is 13.3 Å². The van der Waals surface area contributed by atoms with Gasteiger partial charge in [0.25, 0.3) is 11.4 Å². The van der Waals surface area contributed by atoms with E-state index in [4.69, 9.17) is 13.3 Å². The first-order valence-electron chi connectivity index (χ1n) is 0.532. The molecule has 0 aliphatic carbocycles. The molecule has 0 aromatic carbocycles. The molecule has 0 aromatic rings. The van der Waals surface area contributed by atoms with E-state index in [2.05, 4.69) is 0 Å². The summed E-state index contributed by atoms with van der Waals surface area (Å²) in [5, 5.41) is 0. The molecule has 0 aliphatic rings. The Morgan fingerprint density at radius 1 is 1.60 bits per heavy atom.